The van der Waals surface area contributed by atoms with Gasteiger partial charge in [0.1, 0.15) is 102 Å². The molecule has 612 valence electrons. The molecular weight excluding hydrogens is 1550 g/mol. The number of ketones is 2. The van der Waals surface area contributed by atoms with Crippen molar-refractivity contribution in [3.05, 3.63) is 130 Å². The second kappa shape index (κ2) is 31.3. The van der Waals surface area contributed by atoms with Crippen LogP contribution >= 0.6 is 0 Å². The Kier molecular flexibility index (Phi) is 24.4. The molecule has 0 amide bonds. The normalized spacial score (nSPS) is 26.8. The Morgan fingerprint density at radius 2 is 0.804 bits per heavy atom. The SMILES string of the molecule is CC(C)(C)OC(=O)CC1=N[C@](C)(c2nc(CC(=O)c3ccc(OCC(F)(F)C(F)F)cn3)ccc2F)[C@H]2CCN=[S@@]2(=O)C1(C)C.CC(C)(C)OC(=O)CC1=N[C@](C)(c2nc(N)ccc2F)[C@H]2CCN=[S@@]2(=O)C1(C)C.CC1(C)C(N)=N[C@](C)(c2nc(CC(=O)c3ccc(OCC(F)(F)C(F)F)cn3)ccc2F)[C@H]2CCN=[S@]21=O. The summed E-state index contributed by atoms with van der Waals surface area (Å²) >= 11 is 0. The summed E-state index contributed by atoms with van der Waals surface area (Å²) in [4.78, 5) is 86.1. The molecule has 0 saturated carbocycles. The Hall–Kier alpha value is -8.68. The number of hydrogen-bond donors (Lipinski definition) is 2. The van der Waals surface area contributed by atoms with Crippen molar-refractivity contribution in [2.45, 2.75) is 231 Å². The minimum Gasteiger partial charge on any atom is -0.485 e. The van der Waals surface area contributed by atoms with E-state index in [1.165, 1.54) is 36.4 Å². The minimum atomic E-state index is -4.36. The van der Waals surface area contributed by atoms with Crippen molar-refractivity contribution in [2.24, 2.45) is 33.8 Å². The molecule has 6 aliphatic heterocycles. The number of aliphatic imine (C=N–C) groups is 3. The molecule has 0 fully saturated rings. The molecule has 0 saturated heterocycles. The second-order valence-corrected chi connectivity index (χ2v) is 40.7. The summed E-state index contributed by atoms with van der Waals surface area (Å²) in [5.74, 6) is -13.1. The largest absolute Gasteiger partial charge is 0.485 e. The zero-order chi connectivity index (χ0) is 83.5. The number of carbonyl (C=O) groups excluding carboxylic acids is 4. The molecule has 6 aliphatic rings. The van der Waals surface area contributed by atoms with Crippen molar-refractivity contribution in [2.75, 3.05) is 38.6 Å². The first kappa shape index (κ1) is 87.3. The fraction of sp³-hybridized carbons (Fsp3) is 0.568. The fourth-order valence-corrected chi connectivity index (χ4v) is 23.7. The van der Waals surface area contributed by atoms with E-state index in [1.54, 1.807) is 104 Å². The molecule has 0 aliphatic carbocycles. The Bertz CT molecular complexity index is 5010. The van der Waals surface area contributed by atoms with Gasteiger partial charge in [0.15, 0.2) is 24.8 Å². The van der Waals surface area contributed by atoms with E-state index >= 15 is 8.78 Å². The average Bonchev–Trinajstić information content (AvgIpc) is 1.41. The van der Waals surface area contributed by atoms with E-state index in [0.29, 0.717) is 38.1 Å². The van der Waals surface area contributed by atoms with E-state index in [1.807, 2.05) is 0 Å². The highest BCUT2D eigenvalue weighted by Crippen LogP contribution is 2.52. The van der Waals surface area contributed by atoms with E-state index < -0.39 is 166 Å². The predicted molar refractivity (Wildman–Crippen MR) is 398 cm³/mol. The molecule has 11 rings (SSSR count). The maximum Gasteiger partial charge on any atom is 0.340 e. The number of pyridine rings is 5. The number of nitrogens with two attached hydrogens (primary N) is 2. The van der Waals surface area contributed by atoms with Crippen LogP contribution in [-0.2, 0) is 77.7 Å². The number of hydrogen-bond acceptors (Lipinski definition) is 24. The van der Waals surface area contributed by atoms with Crippen LogP contribution in [0.4, 0.5) is 54.1 Å². The molecule has 112 heavy (non-hydrogen) atoms. The third-order valence-electron chi connectivity index (χ3n) is 20.2. The number of rotatable bonds is 21. The summed E-state index contributed by atoms with van der Waals surface area (Å²) in [7, 11) is -8.86. The number of nitrogens with zero attached hydrogens (tertiary/aromatic N) is 11. The number of Topliss-reactive ketones (excluding diaryl/α,β-unsaturated/α-hetero) is 2. The van der Waals surface area contributed by atoms with Crippen molar-refractivity contribution in [1.29, 1.82) is 0 Å². The number of halogens is 11. The molecular formula is C74H90F11N13O11S3. The number of anilines is 1. The van der Waals surface area contributed by atoms with Crippen LogP contribution in [0.5, 0.6) is 11.5 Å². The Morgan fingerprint density at radius 1 is 0.473 bits per heavy atom. The van der Waals surface area contributed by atoms with E-state index in [9.17, 15) is 71.3 Å². The van der Waals surface area contributed by atoms with Gasteiger partial charge in [0.05, 0.1) is 92.5 Å². The van der Waals surface area contributed by atoms with Crippen LogP contribution in [0.3, 0.4) is 0 Å². The number of amidine groups is 1. The standard InChI is InChI=1S/C30H35F5N4O5S.C24H26F5N5O3S.C20H29FN4O3S/c1-27(2,3)44-24(41)14-22-28(4,5)45(42)23(11-12-37-45)29(6,39-22)25-19(31)9-7-17(38-25)13-21(40)20-10-8-18(15-36-20)43-16-30(34,35)26(32)33;1-22(2)21(30)34-23(3,18-8-9-32-38(18,22)36)19-15(25)6-4-13(33-19)10-17(35)16-7-5-14(11-31-16)37-12-24(28,29)20(26)27;1-18(2,3)28-16(26)11-13-19(4,5)29(27)14(9-10-23-29)20(6,25-13)17-12(21)7-8-15(22)24-17/h7-10,15,23,26H,11-14,16H2,1-6H3;4-7,11,18,20H,8-10,12H2,1-3H3,(H2,30,34);7-8,14H,9-11H2,1-6H3,(H2,22,24)/t23-,29+,45+;18-,23+,38+;14-,20+,29+/m111/s1. The van der Waals surface area contributed by atoms with Crippen LogP contribution in [-0.4, -0.2) is 177 Å². The monoisotopic (exact) mass is 1640 g/mol. The lowest BCUT2D eigenvalue weighted by atomic mass is 9.88. The van der Waals surface area contributed by atoms with Crippen LogP contribution in [0.25, 0.3) is 0 Å². The van der Waals surface area contributed by atoms with Crippen molar-refractivity contribution in [1.82, 2.24) is 24.9 Å². The van der Waals surface area contributed by atoms with Crippen LogP contribution in [0.15, 0.2) is 101 Å². The third kappa shape index (κ3) is 17.2. The van der Waals surface area contributed by atoms with Gasteiger partial charge in [0.2, 0.25) is 0 Å². The van der Waals surface area contributed by atoms with Crippen LogP contribution in [0.1, 0.15) is 185 Å². The minimum absolute atomic E-state index is 0.0320. The summed E-state index contributed by atoms with van der Waals surface area (Å²) in [6.45, 7) is 23.6. The number of carbonyl (C=O) groups is 4. The summed E-state index contributed by atoms with van der Waals surface area (Å²) in [5, 5.41) is -1.91. The van der Waals surface area contributed by atoms with Gasteiger partial charge in [-0.2, -0.15) is 17.6 Å². The molecule has 0 spiro atoms. The average molecular weight is 1640 g/mol. The molecule has 5 aromatic heterocycles. The maximum atomic E-state index is 15.5. The molecule has 5 aromatic rings. The predicted octanol–water partition coefficient (Wildman–Crippen LogP) is 12.9. The summed E-state index contributed by atoms with van der Waals surface area (Å²) < 4.78 is 220. The summed E-state index contributed by atoms with van der Waals surface area (Å²) in [5.41, 5.74) is 6.99. The van der Waals surface area contributed by atoms with Crippen LogP contribution in [0.2, 0.25) is 0 Å². The van der Waals surface area contributed by atoms with Gasteiger partial charge in [-0.1, -0.05) is 0 Å². The number of esters is 2. The summed E-state index contributed by atoms with van der Waals surface area (Å²) in [6.07, 6.45) is -5.72. The maximum absolute atomic E-state index is 15.5. The van der Waals surface area contributed by atoms with Gasteiger partial charge in [-0.15, -0.1) is 0 Å². The van der Waals surface area contributed by atoms with Gasteiger partial charge >= 0.3 is 36.6 Å². The van der Waals surface area contributed by atoms with Crippen LogP contribution in [0, 0.1) is 17.5 Å². The lowest BCUT2D eigenvalue weighted by Crippen LogP contribution is -2.58. The molecule has 9 atom stereocenters. The van der Waals surface area contributed by atoms with Crippen molar-refractivity contribution in [3.8, 4) is 11.5 Å². The first-order valence-electron chi connectivity index (χ1n) is 35.4. The zero-order valence-electron chi connectivity index (χ0n) is 64.2. The summed E-state index contributed by atoms with van der Waals surface area (Å²) in [6, 6.07) is 12.1. The highest BCUT2D eigenvalue weighted by Gasteiger charge is 2.61. The van der Waals surface area contributed by atoms with Crippen molar-refractivity contribution < 1.29 is 99.0 Å². The Balaban J connectivity index is 0.000000197. The first-order chi connectivity index (χ1) is 51.5. The molecule has 4 N–H and O–H groups in total. The van der Waals surface area contributed by atoms with E-state index in [2.05, 4.69) is 52.5 Å². The molecule has 0 radical (unpaired) electrons. The molecule has 24 nitrogen and oxygen atoms in total. The van der Waals surface area contributed by atoms with Crippen molar-refractivity contribution >= 4 is 75.8 Å². The lowest BCUT2D eigenvalue weighted by molar-refractivity contribution is -0.154. The highest BCUT2D eigenvalue weighted by atomic mass is 32.2. The number of fused-ring (bicyclic) bond motifs is 3. The van der Waals surface area contributed by atoms with Gasteiger partial charge in [0.25, 0.3) is 0 Å². The number of aromatic nitrogens is 5. The van der Waals surface area contributed by atoms with Gasteiger partial charge in [-0.05, 0) is 184 Å². The van der Waals surface area contributed by atoms with Gasteiger partial charge in [-0.3, -0.25) is 44.1 Å². The third-order valence-corrected chi connectivity index (χ3v) is 31.3. The second-order valence-electron chi connectivity index (χ2n) is 31.7. The van der Waals surface area contributed by atoms with E-state index in [0.717, 1.165) is 36.7 Å². The number of ether oxygens (including phenoxy) is 4. The highest BCUT2D eigenvalue weighted by molar-refractivity contribution is 7.97. The smallest absolute Gasteiger partial charge is 0.340 e. The van der Waals surface area contributed by atoms with Crippen LogP contribution < -0.4 is 20.9 Å². The first-order valence-corrected chi connectivity index (χ1v) is 40.2. The van der Waals surface area contributed by atoms with Crippen molar-refractivity contribution in [3.63, 3.8) is 0 Å². The molecule has 0 aromatic carbocycles. The number of nitrogen functional groups attached to an aromatic ring is 1. The quantitative estimate of drug-likeness (QED) is 0.0391. The molecule has 0 bridgehead atoms. The van der Waals surface area contributed by atoms with E-state index in [4.69, 9.17) is 30.9 Å². The Morgan fingerprint density at radius 3 is 1.13 bits per heavy atom. The fourth-order valence-electron chi connectivity index (χ4n) is 14.0. The van der Waals surface area contributed by atoms with Gasteiger partial charge in [0, 0.05) is 42.4 Å². The van der Waals surface area contributed by atoms with Gasteiger partial charge in [-0.25, -0.2) is 71.4 Å². The van der Waals surface area contributed by atoms with E-state index in [-0.39, 0.29) is 101 Å². The zero-order valence-corrected chi connectivity index (χ0v) is 66.7. The number of alkyl halides is 8. The molecule has 0 unspecified atom stereocenters. The molecule has 38 heteroatoms. The molecule has 11 heterocycles. The lowest BCUT2D eigenvalue weighted by Gasteiger charge is -2.45. The topological polar surface area (TPSA) is 347 Å². The van der Waals surface area contributed by atoms with Gasteiger partial charge < -0.3 is 30.4 Å². The Labute approximate surface area is 642 Å².